The van der Waals surface area contributed by atoms with E-state index in [4.69, 9.17) is 0 Å². The fourth-order valence-corrected chi connectivity index (χ4v) is 3.89. The molecule has 1 aliphatic heterocycles. The smallest absolute Gasteiger partial charge is 0.299 e. The second-order valence-corrected chi connectivity index (χ2v) is 7.60. The third kappa shape index (κ3) is 3.96. The second kappa shape index (κ2) is 9.01. The number of aromatic nitrogens is 3. The number of hydrogen-bond acceptors (Lipinski definition) is 7. The molecule has 2 aliphatic rings. The lowest BCUT2D eigenvalue weighted by molar-refractivity contribution is -0.109. The number of likely N-dealkylation sites (N-methyl/N-ethyl adjacent to an activating group) is 1. The lowest BCUT2D eigenvalue weighted by Gasteiger charge is -2.24. The van der Waals surface area contributed by atoms with Crippen LogP contribution < -0.4 is 16.2 Å². The van der Waals surface area contributed by atoms with Crippen molar-refractivity contribution >= 4 is 18.1 Å². The van der Waals surface area contributed by atoms with Crippen LogP contribution in [0.4, 0.5) is 5.82 Å². The monoisotopic (exact) mass is 431 g/mol. The van der Waals surface area contributed by atoms with Crippen LogP contribution in [0.15, 0.2) is 75.9 Å². The molecule has 1 atom stereocenters. The van der Waals surface area contributed by atoms with Gasteiger partial charge in [0, 0.05) is 55.9 Å². The Morgan fingerprint density at radius 2 is 2.12 bits per heavy atom. The lowest BCUT2D eigenvalue weighted by atomic mass is 9.89. The number of hydrazone groups is 1. The Bertz CT molecular complexity index is 1190. The molecular formula is C23H25N7O2. The van der Waals surface area contributed by atoms with E-state index in [0.717, 1.165) is 22.4 Å². The number of pyridine rings is 1. The highest BCUT2D eigenvalue weighted by Crippen LogP contribution is 2.32. The van der Waals surface area contributed by atoms with Gasteiger partial charge >= 0.3 is 0 Å². The summed E-state index contributed by atoms with van der Waals surface area (Å²) in [5, 5.41) is 12.3. The molecule has 0 spiro atoms. The minimum atomic E-state index is -0.283. The fourth-order valence-electron chi connectivity index (χ4n) is 3.89. The van der Waals surface area contributed by atoms with Crippen molar-refractivity contribution in [2.75, 3.05) is 25.5 Å². The maximum absolute atomic E-state index is 13.4. The van der Waals surface area contributed by atoms with Gasteiger partial charge in [-0.3, -0.25) is 24.1 Å². The predicted molar refractivity (Wildman–Crippen MR) is 123 cm³/mol. The van der Waals surface area contributed by atoms with Crippen LogP contribution in [0.3, 0.4) is 0 Å². The molecule has 0 saturated carbocycles. The van der Waals surface area contributed by atoms with Crippen molar-refractivity contribution in [1.82, 2.24) is 24.9 Å². The molecule has 2 aromatic heterocycles. The first-order valence-electron chi connectivity index (χ1n) is 10.3. The van der Waals surface area contributed by atoms with Crippen LogP contribution in [0.2, 0.25) is 0 Å². The van der Waals surface area contributed by atoms with Gasteiger partial charge in [-0.1, -0.05) is 24.8 Å². The molecule has 0 saturated heterocycles. The zero-order valence-corrected chi connectivity index (χ0v) is 18.1. The van der Waals surface area contributed by atoms with Crippen molar-refractivity contribution in [2.45, 2.75) is 19.4 Å². The number of nitrogens with one attached hydrogen (secondary N) is 2. The first-order valence-corrected chi connectivity index (χ1v) is 10.3. The highest BCUT2D eigenvalue weighted by molar-refractivity contribution is 6.05. The highest BCUT2D eigenvalue weighted by Gasteiger charge is 2.35. The summed E-state index contributed by atoms with van der Waals surface area (Å²) in [5.41, 5.74) is 3.79. The number of aryl methyl sites for hydroxylation is 1. The Morgan fingerprint density at radius 1 is 1.28 bits per heavy atom. The van der Waals surface area contributed by atoms with Gasteiger partial charge in [0.05, 0.1) is 6.04 Å². The molecule has 2 N–H and O–H groups in total. The van der Waals surface area contributed by atoms with Crippen molar-refractivity contribution < 1.29 is 4.79 Å². The summed E-state index contributed by atoms with van der Waals surface area (Å²) in [6, 6.07) is 5.60. The maximum atomic E-state index is 13.4. The zero-order chi connectivity index (χ0) is 22.7. The van der Waals surface area contributed by atoms with Crippen LogP contribution in [-0.2, 0) is 11.2 Å². The second-order valence-electron chi connectivity index (χ2n) is 7.60. The van der Waals surface area contributed by atoms with E-state index in [0.29, 0.717) is 37.4 Å². The van der Waals surface area contributed by atoms with E-state index in [1.54, 1.807) is 22.0 Å². The number of carbonyl (C=O) groups is 1. The topological polar surface area (TPSA) is 105 Å². The van der Waals surface area contributed by atoms with Crippen LogP contribution in [-0.4, -0.2) is 58.0 Å². The molecule has 9 nitrogen and oxygen atoms in total. The summed E-state index contributed by atoms with van der Waals surface area (Å²) in [4.78, 5) is 32.9. The van der Waals surface area contributed by atoms with E-state index in [2.05, 4.69) is 32.3 Å². The number of allylic oxidation sites excluding steroid dienone is 1. The first-order chi connectivity index (χ1) is 15.5. The molecule has 2 aromatic rings. The number of rotatable bonds is 7. The Labute approximate surface area is 185 Å². The zero-order valence-electron chi connectivity index (χ0n) is 18.1. The van der Waals surface area contributed by atoms with E-state index in [-0.39, 0.29) is 17.4 Å². The number of anilines is 1. The minimum absolute atomic E-state index is 0.140. The van der Waals surface area contributed by atoms with Gasteiger partial charge in [0.15, 0.2) is 11.7 Å². The molecule has 1 aliphatic carbocycles. The third-order valence-corrected chi connectivity index (χ3v) is 5.50. The molecular weight excluding hydrogens is 406 g/mol. The van der Waals surface area contributed by atoms with E-state index in [1.165, 1.54) is 0 Å². The molecule has 3 heterocycles. The summed E-state index contributed by atoms with van der Waals surface area (Å²) < 4.78 is 1.56. The quantitative estimate of drug-likeness (QED) is 0.640. The summed E-state index contributed by atoms with van der Waals surface area (Å²) >= 11 is 0. The summed E-state index contributed by atoms with van der Waals surface area (Å²) in [5.74, 6) is 0.766. The number of fused-ring (bicyclic) bond motifs is 1. The molecule has 4 rings (SSSR count). The molecule has 0 fully saturated rings. The van der Waals surface area contributed by atoms with E-state index in [9.17, 15) is 9.59 Å². The van der Waals surface area contributed by atoms with Gasteiger partial charge < -0.3 is 10.6 Å². The normalized spacial score (nSPS) is 17.3. The molecule has 0 aromatic carbocycles. The molecule has 1 unspecified atom stereocenters. The van der Waals surface area contributed by atoms with Gasteiger partial charge in [-0.2, -0.15) is 5.10 Å². The van der Waals surface area contributed by atoms with Crippen molar-refractivity contribution in [3.8, 4) is 0 Å². The number of amides is 1. The Morgan fingerprint density at radius 3 is 2.88 bits per heavy atom. The third-order valence-electron chi connectivity index (χ3n) is 5.50. The Balaban J connectivity index is 1.68. The lowest BCUT2D eigenvalue weighted by Crippen LogP contribution is -2.35. The highest BCUT2D eigenvalue weighted by atomic mass is 16.1. The standard InChI is InChI=1S/C23H25N7O2/c1-15-7-8-19-20(18(15)13-24-14-31)22(28-29(19)3)30-16(2)12-27-21(23(30)32)26-11-9-17-6-4-5-10-25-17/h4-8,10,12,14,19H,1,9,11,13H2,2-3H3,(H,24,31)(H,26,27). The number of carbonyl (C=O) groups excluding carboxylic acids is 1. The van der Waals surface area contributed by atoms with Gasteiger partial charge in [-0.25, -0.2) is 4.98 Å². The average Bonchev–Trinajstić information content (AvgIpc) is 3.11. The summed E-state index contributed by atoms with van der Waals surface area (Å²) in [7, 11) is 1.86. The van der Waals surface area contributed by atoms with Crippen molar-refractivity contribution in [1.29, 1.82) is 0 Å². The van der Waals surface area contributed by atoms with Crippen molar-refractivity contribution in [2.24, 2.45) is 5.10 Å². The van der Waals surface area contributed by atoms with Gasteiger partial charge in [-0.05, 0) is 30.2 Å². The van der Waals surface area contributed by atoms with E-state index < -0.39 is 0 Å². The Kier molecular flexibility index (Phi) is 5.98. The molecule has 0 radical (unpaired) electrons. The molecule has 9 heteroatoms. The van der Waals surface area contributed by atoms with Crippen molar-refractivity contribution in [3.05, 3.63) is 87.8 Å². The predicted octanol–water partition coefficient (Wildman–Crippen LogP) is 1.25. The van der Waals surface area contributed by atoms with Crippen molar-refractivity contribution in [3.63, 3.8) is 0 Å². The number of hydrogen-bond donors (Lipinski definition) is 2. The van der Waals surface area contributed by atoms with Gasteiger partial charge in [-0.15, -0.1) is 0 Å². The average molecular weight is 432 g/mol. The van der Waals surface area contributed by atoms with Gasteiger partial charge in [0.1, 0.15) is 0 Å². The molecule has 0 bridgehead atoms. The van der Waals surface area contributed by atoms with Crippen LogP contribution in [0.1, 0.15) is 11.4 Å². The number of nitrogens with zero attached hydrogens (tertiary/aromatic N) is 5. The minimum Gasteiger partial charge on any atom is -0.365 e. The van der Waals surface area contributed by atoms with E-state index in [1.807, 2.05) is 44.3 Å². The molecule has 32 heavy (non-hydrogen) atoms. The molecule has 1 amide bonds. The van der Waals surface area contributed by atoms with Crippen LogP contribution in [0, 0.1) is 6.92 Å². The van der Waals surface area contributed by atoms with Crippen LogP contribution >= 0.6 is 0 Å². The van der Waals surface area contributed by atoms with Crippen LogP contribution in [0.5, 0.6) is 0 Å². The van der Waals surface area contributed by atoms with Gasteiger partial charge in [0.2, 0.25) is 6.41 Å². The van der Waals surface area contributed by atoms with E-state index >= 15 is 0 Å². The largest absolute Gasteiger partial charge is 0.365 e. The SMILES string of the molecule is C=C1C=CC2C(=C1CNC=O)C(n1c(C)cnc(NCCc3ccccn3)c1=O)=NN2C. The fraction of sp³-hybridized carbons (Fsp3) is 0.261. The van der Waals surface area contributed by atoms with Gasteiger partial charge in [0.25, 0.3) is 5.56 Å². The summed E-state index contributed by atoms with van der Waals surface area (Å²) in [6.45, 7) is 6.75. The maximum Gasteiger partial charge on any atom is 0.299 e. The molecule has 164 valence electrons. The summed E-state index contributed by atoms with van der Waals surface area (Å²) in [6.07, 6.45) is 8.62. The first kappa shape index (κ1) is 21.2. The van der Waals surface area contributed by atoms with Crippen LogP contribution in [0.25, 0.3) is 0 Å². The Hall–Kier alpha value is -4.01.